The summed E-state index contributed by atoms with van der Waals surface area (Å²) in [5.41, 5.74) is 4.33. The van der Waals surface area contributed by atoms with E-state index in [0.29, 0.717) is 5.56 Å². The maximum absolute atomic E-state index is 11.0. The number of aryl methyl sites for hydroxylation is 1. The predicted molar refractivity (Wildman–Crippen MR) is 126 cm³/mol. The molecule has 0 spiro atoms. The van der Waals surface area contributed by atoms with Crippen molar-refractivity contribution in [2.24, 2.45) is 0 Å². The van der Waals surface area contributed by atoms with Crippen LogP contribution in [-0.2, 0) is 22.2 Å². The summed E-state index contributed by atoms with van der Waals surface area (Å²) in [5, 5.41) is 10.8. The first kappa shape index (κ1) is 22.0. The summed E-state index contributed by atoms with van der Waals surface area (Å²) in [5.74, 6) is 0.136. The van der Waals surface area contributed by atoms with Gasteiger partial charge in [-0.2, -0.15) is 0 Å². The highest BCUT2D eigenvalue weighted by Crippen LogP contribution is 2.42. The lowest BCUT2D eigenvalue weighted by molar-refractivity contribution is 0.372. The van der Waals surface area contributed by atoms with Gasteiger partial charge in [-0.05, 0) is 36.2 Å². The standard InChI is InChI=1S/C25H20O5S2/c1-17-12-13-20(30-32(27,28)29)16-23(17)31-22-15-14-21(26)24(18-8-4-2-5-9-18)25(22)19-10-6-3-7-11-19/h2-16,26H,1H3,(H,27,28,29). The van der Waals surface area contributed by atoms with Gasteiger partial charge in [0.2, 0.25) is 0 Å². The van der Waals surface area contributed by atoms with Crippen molar-refractivity contribution in [2.75, 3.05) is 0 Å². The van der Waals surface area contributed by atoms with Gasteiger partial charge in [-0.3, -0.25) is 0 Å². The van der Waals surface area contributed by atoms with Gasteiger partial charge in [0, 0.05) is 34.5 Å². The molecule has 0 fully saturated rings. The lowest BCUT2D eigenvalue weighted by Gasteiger charge is -2.14. The fraction of sp³-hybridized carbons (Fsp3) is 0.0400. The minimum absolute atomic E-state index is 0.0311. The molecule has 4 aromatic carbocycles. The number of thiol groups is 1. The van der Waals surface area contributed by atoms with E-state index in [1.165, 1.54) is 6.07 Å². The molecule has 162 valence electrons. The normalized spacial score (nSPS) is 11.3. The van der Waals surface area contributed by atoms with Crippen molar-refractivity contribution in [2.45, 2.75) is 16.7 Å². The van der Waals surface area contributed by atoms with Crippen molar-refractivity contribution in [1.82, 2.24) is 0 Å². The summed E-state index contributed by atoms with van der Waals surface area (Å²) in [4.78, 5) is 1.70. The molecule has 0 unspecified atom stereocenters. The minimum Gasteiger partial charge on any atom is -0.716 e. The van der Waals surface area contributed by atoms with E-state index in [2.05, 4.69) is 4.18 Å². The van der Waals surface area contributed by atoms with Crippen LogP contribution in [0.15, 0.2) is 101 Å². The van der Waals surface area contributed by atoms with E-state index < -0.39 is 10.4 Å². The smallest absolute Gasteiger partial charge is 0.262 e. The number of phenols is 1. The topological polar surface area (TPSA) is 86.7 Å². The Hall–Kier alpha value is -3.26. The van der Waals surface area contributed by atoms with Crippen molar-refractivity contribution in [1.29, 1.82) is 0 Å². The first-order valence-electron chi connectivity index (χ1n) is 9.76. The highest BCUT2D eigenvalue weighted by Gasteiger charge is 2.23. The lowest BCUT2D eigenvalue weighted by Crippen LogP contribution is -2.07. The van der Waals surface area contributed by atoms with Crippen molar-refractivity contribution >= 4 is 22.2 Å². The van der Waals surface area contributed by atoms with Crippen molar-refractivity contribution in [3.05, 3.63) is 96.6 Å². The number of rotatable bonds is 6. The van der Waals surface area contributed by atoms with E-state index in [4.69, 9.17) is 0 Å². The Bertz CT molecular complexity index is 1350. The second-order valence-electron chi connectivity index (χ2n) is 7.14. The Balaban J connectivity index is 1.88. The number of benzene rings is 4. The average molecular weight is 465 g/mol. The van der Waals surface area contributed by atoms with Crippen molar-refractivity contribution in [3.63, 3.8) is 0 Å². The molecule has 0 saturated heterocycles. The predicted octanol–water partition coefficient (Wildman–Crippen LogP) is 5.11. The molecule has 0 radical (unpaired) electrons. The maximum atomic E-state index is 11.0. The van der Waals surface area contributed by atoms with E-state index in [1.54, 1.807) is 18.2 Å². The zero-order valence-corrected chi connectivity index (χ0v) is 18.8. The Morgan fingerprint density at radius 1 is 0.781 bits per heavy atom. The zero-order chi connectivity index (χ0) is 22.7. The van der Waals surface area contributed by atoms with Gasteiger partial charge in [0.15, 0.2) is 9.79 Å². The monoisotopic (exact) mass is 464 g/mol. The van der Waals surface area contributed by atoms with Crippen LogP contribution in [0.3, 0.4) is 0 Å². The van der Waals surface area contributed by atoms with Crippen LogP contribution in [0, 0.1) is 6.92 Å². The molecule has 0 amide bonds. The van der Waals surface area contributed by atoms with Crippen LogP contribution in [0.5, 0.6) is 11.5 Å². The van der Waals surface area contributed by atoms with Gasteiger partial charge in [-0.25, -0.2) is 8.42 Å². The van der Waals surface area contributed by atoms with Crippen LogP contribution in [0.1, 0.15) is 5.56 Å². The Morgan fingerprint density at radius 2 is 1.38 bits per heavy atom. The third kappa shape index (κ3) is 4.96. The number of phenolic OH excluding ortho intramolecular Hbond substituents is 1. The Kier molecular flexibility index (Phi) is 6.23. The summed E-state index contributed by atoms with van der Waals surface area (Å²) in [7, 11) is -4.87. The van der Waals surface area contributed by atoms with Gasteiger partial charge in [-0.15, -0.1) is 0 Å². The molecule has 5 nitrogen and oxygen atoms in total. The van der Waals surface area contributed by atoms with Gasteiger partial charge in [0.05, 0.1) is 0 Å². The largest absolute Gasteiger partial charge is 0.716 e. The fourth-order valence-electron chi connectivity index (χ4n) is 3.48. The van der Waals surface area contributed by atoms with Crippen molar-refractivity contribution < 1.29 is 22.3 Å². The molecule has 0 bridgehead atoms. The second kappa shape index (κ2) is 9.08. The lowest BCUT2D eigenvalue weighted by atomic mass is 9.93. The third-order valence-electron chi connectivity index (χ3n) is 4.91. The molecule has 0 saturated carbocycles. The summed E-state index contributed by atoms with van der Waals surface area (Å²) in [6, 6.07) is 27.6. The summed E-state index contributed by atoms with van der Waals surface area (Å²) in [6.45, 7) is 1.90. The molecular weight excluding hydrogens is 444 g/mol. The SMILES string of the molecule is Cc1ccc(OS(=O)(=O)[O-])cc1[SH+]c1ccc(O)c(-c2ccccc2)c1-c1ccccc1. The summed E-state index contributed by atoms with van der Waals surface area (Å²) < 4.78 is 37.6. The molecule has 0 aliphatic carbocycles. The van der Waals surface area contributed by atoms with Crippen LogP contribution < -0.4 is 4.18 Å². The van der Waals surface area contributed by atoms with Gasteiger partial charge in [-0.1, -0.05) is 66.7 Å². The second-order valence-corrected chi connectivity index (χ2v) is 9.31. The molecule has 0 aromatic heterocycles. The molecule has 0 aliphatic rings. The molecule has 0 atom stereocenters. The zero-order valence-electron chi connectivity index (χ0n) is 17.1. The van der Waals surface area contributed by atoms with E-state index in [-0.39, 0.29) is 11.5 Å². The van der Waals surface area contributed by atoms with Gasteiger partial charge >= 0.3 is 0 Å². The highest BCUT2D eigenvalue weighted by molar-refractivity contribution is 7.81. The average Bonchev–Trinajstić information content (AvgIpc) is 2.77. The van der Waals surface area contributed by atoms with Gasteiger partial charge < -0.3 is 13.8 Å². The number of hydrogen-bond acceptors (Lipinski definition) is 5. The summed E-state index contributed by atoms with van der Waals surface area (Å²) >= 11 is 0.769. The van der Waals surface area contributed by atoms with Gasteiger partial charge in [0.25, 0.3) is 10.4 Å². The molecule has 1 N–H and O–H groups in total. The van der Waals surface area contributed by atoms with Crippen LogP contribution in [0.25, 0.3) is 22.3 Å². The molecule has 0 heterocycles. The van der Waals surface area contributed by atoms with Crippen LogP contribution in [0.2, 0.25) is 0 Å². The Labute approximate surface area is 191 Å². The first-order valence-corrected chi connectivity index (χ1v) is 12.0. The fourth-order valence-corrected chi connectivity index (χ4v) is 5.02. The van der Waals surface area contributed by atoms with Gasteiger partial charge in [0.1, 0.15) is 11.5 Å². The molecule has 4 aromatic rings. The number of hydrogen-bond donors (Lipinski definition) is 1. The van der Waals surface area contributed by atoms with Crippen LogP contribution in [-0.4, -0.2) is 18.1 Å². The third-order valence-corrected chi connectivity index (χ3v) is 6.64. The molecule has 0 aliphatic heterocycles. The summed E-state index contributed by atoms with van der Waals surface area (Å²) in [6.07, 6.45) is 0. The molecule has 32 heavy (non-hydrogen) atoms. The van der Waals surface area contributed by atoms with Crippen LogP contribution in [0.4, 0.5) is 0 Å². The first-order chi connectivity index (χ1) is 15.3. The maximum Gasteiger partial charge on any atom is 0.262 e. The van der Waals surface area contributed by atoms with E-state index >= 15 is 0 Å². The van der Waals surface area contributed by atoms with Crippen molar-refractivity contribution in [3.8, 4) is 33.8 Å². The van der Waals surface area contributed by atoms with E-state index in [9.17, 15) is 18.1 Å². The van der Waals surface area contributed by atoms with E-state index in [1.807, 2.05) is 73.7 Å². The molecule has 7 heteroatoms. The van der Waals surface area contributed by atoms with Crippen LogP contribution >= 0.6 is 0 Å². The minimum atomic E-state index is -4.87. The molecule has 4 rings (SSSR count). The van der Waals surface area contributed by atoms with E-state index in [0.717, 1.165) is 43.8 Å². The Morgan fingerprint density at radius 3 is 1.97 bits per heavy atom. The number of aromatic hydroxyl groups is 1. The molecular formula is C25H20O5S2. The quantitative estimate of drug-likeness (QED) is 0.186. The highest BCUT2D eigenvalue weighted by atomic mass is 32.3.